The van der Waals surface area contributed by atoms with E-state index >= 15 is 0 Å². The van der Waals surface area contributed by atoms with Gasteiger partial charge in [-0.15, -0.1) is 0 Å². The molecule has 198 valence electrons. The van der Waals surface area contributed by atoms with E-state index in [1.165, 1.54) is 19.1 Å². The molecular formula is C32H29NO5S. The topological polar surface area (TPSA) is 92.7 Å². The van der Waals surface area contributed by atoms with Crippen molar-refractivity contribution < 1.29 is 23.1 Å². The molecule has 2 atom stereocenters. The zero-order valence-electron chi connectivity index (χ0n) is 21.7. The van der Waals surface area contributed by atoms with Gasteiger partial charge in [-0.1, -0.05) is 96.6 Å². The van der Waals surface area contributed by atoms with E-state index in [0.717, 1.165) is 21.9 Å². The van der Waals surface area contributed by atoms with E-state index in [1.54, 1.807) is 24.3 Å². The molecule has 0 bridgehead atoms. The van der Waals surface area contributed by atoms with Crippen LogP contribution in [-0.2, 0) is 26.2 Å². The number of benzene rings is 5. The Hall–Kier alpha value is -4.04. The smallest absolute Gasteiger partial charge is 0.330 e. The Balaban J connectivity index is 1.64. The summed E-state index contributed by atoms with van der Waals surface area (Å²) in [5.74, 6) is -0.897. The number of carbonyl (C=O) groups is 1. The molecule has 0 saturated heterocycles. The SMILES string of the molecule is Cc1ccc(S(=O)(=O)N[C@@](C)(C(=O)OCc2ccccc2)[C@H](O)c2c3ccccc3cc3ccccc23)cc1. The number of carbonyl (C=O) groups excluding carboxylic acids is 1. The van der Waals surface area contributed by atoms with Crippen molar-refractivity contribution in [3.8, 4) is 0 Å². The van der Waals surface area contributed by atoms with E-state index in [1.807, 2.05) is 79.7 Å². The monoisotopic (exact) mass is 539 g/mol. The zero-order valence-corrected chi connectivity index (χ0v) is 22.5. The maximum Gasteiger partial charge on any atom is 0.330 e. The van der Waals surface area contributed by atoms with Crippen LogP contribution in [0, 0.1) is 6.92 Å². The quantitative estimate of drug-likeness (QED) is 0.192. The fraction of sp³-hybridized carbons (Fsp3) is 0.156. The van der Waals surface area contributed by atoms with Gasteiger partial charge in [0.15, 0.2) is 5.54 Å². The van der Waals surface area contributed by atoms with Crippen LogP contribution in [-0.4, -0.2) is 25.0 Å². The Kier molecular flexibility index (Phi) is 7.23. The van der Waals surface area contributed by atoms with Gasteiger partial charge in [0, 0.05) is 0 Å². The summed E-state index contributed by atoms with van der Waals surface area (Å²) in [6.07, 6.45) is -1.59. The number of fused-ring (bicyclic) bond motifs is 2. The lowest BCUT2D eigenvalue weighted by molar-refractivity contribution is -0.156. The van der Waals surface area contributed by atoms with Crippen LogP contribution in [0.5, 0.6) is 0 Å². The summed E-state index contributed by atoms with van der Waals surface area (Å²) in [7, 11) is -4.23. The zero-order chi connectivity index (χ0) is 27.6. The van der Waals surface area contributed by atoms with Crippen LogP contribution in [0.2, 0.25) is 0 Å². The number of nitrogens with one attached hydrogen (secondary N) is 1. The van der Waals surface area contributed by atoms with E-state index in [9.17, 15) is 18.3 Å². The summed E-state index contributed by atoms with van der Waals surface area (Å²) in [4.78, 5) is 13.8. The number of ether oxygens (including phenoxy) is 1. The highest BCUT2D eigenvalue weighted by Crippen LogP contribution is 2.38. The van der Waals surface area contributed by atoms with Gasteiger partial charge in [0.05, 0.1) is 4.90 Å². The normalized spacial score (nSPS) is 14.1. The molecule has 0 aromatic heterocycles. The molecule has 5 aromatic rings. The Morgan fingerprint density at radius 3 is 1.97 bits per heavy atom. The number of hydrogen-bond donors (Lipinski definition) is 2. The van der Waals surface area contributed by atoms with Crippen molar-refractivity contribution in [1.82, 2.24) is 4.72 Å². The van der Waals surface area contributed by atoms with Crippen LogP contribution in [0.15, 0.2) is 114 Å². The highest BCUT2D eigenvalue weighted by molar-refractivity contribution is 7.89. The molecule has 0 radical (unpaired) electrons. The van der Waals surface area contributed by atoms with Crippen molar-refractivity contribution in [2.45, 2.75) is 37.0 Å². The highest BCUT2D eigenvalue weighted by atomic mass is 32.2. The van der Waals surface area contributed by atoms with Crippen molar-refractivity contribution >= 4 is 37.5 Å². The lowest BCUT2D eigenvalue weighted by Crippen LogP contribution is -2.56. The molecule has 0 amide bonds. The van der Waals surface area contributed by atoms with E-state index in [4.69, 9.17) is 4.74 Å². The van der Waals surface area contributed by atoms with Crippen LogP contribution in [0.3, 0.4) is 0 Å². The van der Waals surface area contributed by atoms with E-state index < -0.39 is 27.6 Å². The molecule has 7 heteroatoms. The lowest BCUT2D eigenvalue weighted by atomic mass is 9.84. The molecule has 39 heavy (non-hydrogen) atoms. The highest BCUT2D eigenvalue weighted by Gasteiger charge is 2.47. The summed E-state index contributed by atoms with van der Waals surface area (Å²) in [6, 6.07) is 32.4. The summed E-state index contributed by atoms with van der Waals surface area (Å²) < 4.78 is 35.3. The summed E-state index contributed by atoms with van der Waals surface area (Å²) in [6.45, 7) is 3.14. The molecule has 6 nitrogen and oxygen atoms in total. The van der Waals surface area contributed by atoms with Crippen molar-refractivity contribution in [3.05, 3.63) is 126 Å². The van der Waals surface area contributed by atoms with Crippen molar-refractivity contribution in [3.63, 3.8) is 0 Å². The maximum atomic E-state index is 13.8. The molecule has 0 spiro atoms. The number of sulfonamides is 1. The second kappa shape index (κ2) is 10.6. The van der Waals surface area contributed by atoms with Crippen molar-refractivity contribution in [2.24, 2.45) is 0 Å². The Bertz CT molecular complexity index is 1700. The minimum absolute atomic E-state index is 0.0230. The Morgan fingerprint density at radius 2 is 1.38 bits per heavy atom. The first-order valence-corrected chi connectivity index (χ1v) is 14.1. The predicted octanol–water partition coefficient (Wildman–Crippen LogP) is 5.82. The number of aliphatic hydroxyl groups excluding tert-OH is 1. The number of esters is 1. The van der Waals surface area contributed by atoms with Gasteiger partial charge in [-0.25, -0.2) is 13.2 Å². The third-order valence-electron chi connectivity index (χ3n) is 6.95. The fourth-order valence-electron chi connectivity index (χ4n) is 4.77. The molecule has 0 aliphatic heterocycles. The van der Waals surface area contributed by atoms with Crippen LogP contribution < -0.4 is 4.72 Å². The van der Waals surface area contributed by atoms with Crippen molar-refractivity contribution in [2.75, 3.05) is 0 Å². The summed E-state index contributed by atoms with van der Waals surface area (Å²) >= 11 is 0. The number of rotatable bonds is 8. The Morgan fingerprint density at radius 1 is 0.846 bits per heavy atom. The minimum atomic E-state index is -4.23. The van der Waals surface area contributed by atoms with Gasteiger partial charge in [0.1, 0.15) is 12.7 Å². The number of aryl methyl sites for hydroxylation is 1. The van der Waals surface area contributed by atoms with Crippen molar-refractivity contribution in [1.29, 1.82) is 0 Å². The molecule has 0 unspecified atom stereocenters. The molecule has 0 aliphatic carbocycles. The van der Waals surface area contributed by atoms with Gasteiger partial charge in [-0.3, -0.25) is 0 Å². The molecule has 2 N–H and O–H groups in total. The van der Waals surface area contributed by atoms with Crippen LogP contribution in [0.1, 0.15) is 29.7 Å². The molecule has 0 aliphatic rings. The first kappa shape index (κ1) is 26.6. The largest absolute Gasteiger partial charge is 0.459 e. The van der Waals surface area contributed by atoms with E-state index in [-0.39, 0.29) is 11.5 Å². The standard InChI is InChI=1S/C32H29NO5S/c1-22-16-18-26(19-17-22)39(36,37)33-32(2,31(35)38-21-23-10-4-3-5-11-23)30(34)29-27-14-8-6-12-24(27)20-25-13-7-9-15-28(25)29/h3-20,30,33-34H,21H2,1-2H3/t30-,32-/m1/s1. The predicted molar refractivity (Wildman–Crippen MR) is 153 cm³/mol. The first-order chi connectivity index (χ1) is 18.7. The van der Waals surface area contributed by atoms with Gasteiger partial charge < -0.3 is 9.84 Å². The third-order valence-corrected chi connectivity index (χ3v) is 8.53. The lowest BCUT2D eigenvalue weighted by Gasteiger charge is -2.34. The number of hydrogen-bond acceptors (Lipinski definition) is 5. The average molecular weight is 540 g/mol. The van der Waals surface area contributed by atoms with Gasteiger partial charge in [-0.2, -0.15) is 4.72 Å². The minimum Gasteiger partial charge on any atom is -0.459 e. The second-order valence-electron chi connectivity index (χ2n) is 9.82. The molecular weight excluding hydrogens is 510 g/mol. The molecule has 5 rings (SSSR count). The average Bonchev–Trinajstić information content (AvgIpc) is 2.94. The fourth-order valence-corrected chi connectivity index (χ4v) is 6.14. The Labute approximate surface area is 227 Å². The maximum absolute atomic E-state index is 13.8. The molecule has 0 fully saturated rings. The molecule has 0 saturated carbocycles. The van der Waals surface area contributed by atoms with Gasteiger partial charge in [0.25, 0.3) is 0 Å². The van der Waals surface area contributed by atoms with Gasteiger partial charge in [-0.05, 0) is 64.7 Å². The van der Waals surface area contributed by atoms with Crippen LogP contribution >= 0.6 is 0 Å². The molecule has 0 heterocycles. The summed E-state index contributed by atoms with van der Waals surface area (Å²) in [5.41, 5.74) is 0.00110. The third kappa shape index (κ3) is 5.29. The van der Waals surface area contributed by atoms with Gasteiger partial charge in [0.2, 0.25) is 10.0 Å². The van der Waals surface area contributed by atoms with Crippen LogP contribution in [0.4, 0.5) is 0 Å². The van der Waals surface area contributed by atoms with Crippen LogP contribution in [0.25, 0.3) is 21.5 Å². The number of aliphatic hydroxyl groups is 1. The van der Waals surface area contributed by atoms with E-state index in [0.29, 0.717) is 16.3 Å². The second-order valence-corrected chi connectivity index (χ2v) is 11.5. The molecule has 5 aromatic carbocycles. The van der Waals surface area contributed by atoms with Gasteiger partial charge >= 0.3 is 5.97 Å². The first-order valence-electron chi connectivity index (χ1n) is 12.6. The summed E-state index contributed by atoms with van der Waals surface area (Å²) in [5, 5.41) is 15.2. The van der Waals surface area contributed by atoms with E-state index in [2.05, 4.69) is 4.72 Å².